The smallest absolute Gasteiger partial charge is 0.240 e. The van der Waals surface area contributed by atoms with Crippen LogP contribution in [0.25, 0.3) is 0 Å². The highest BCUT2D eigenvalue weighted by Gasteiger charge is 2.29. The van der Waals surface area contributed by atoms with Crippen molar-refractivity contribution in [2.75, 3.05) is 6.61 Å². The Morgan fingerprint density at radius 2 is 2.16 bits per heavy atom. The van der Waals surface area contributed by atoms with E-state index < -0.39 is 10.0 Å². The summed E-state index contributed by atoms with van der Waals surface area (Å²) in [7, 11) is -3.48. The number of fused-ring (bicyclic) bond motifs is 1. The van der Waals surface area contributed by atoms with Gasteiger partial charge in [-0.2, -0.15) is 0 Å². The summed E-state index contributed by atoms with van der Waals surface area (Å²) in [5.74, 6) is 0.788. The molecule has 104 valence electrons. The second kappa shape index (κ2) is 4.77. The summed E-state index contributed by atoms with van der Waals surface area (Å²) in [6.07, 6.45) is 3.44. The van der Waals surface area contributed by atoms with Crippen LogP contribution in [0.15, 0.2) is 23.1 Å². The highest BCUT2D eigenvalue weighted by molar-refractivity contribution is 7.89. The zero-order chi connectivity index (χ0) is 13.5. The maximum Gasteiger partial charge on any atom is 0.240 e. The molecule has 0 aromatic heterocycles. The van der Waals surface area contributed by atoms with Gasteiger partial charge in [0.25, 0.3) is 0 Å². The SMILES string of the molecule is NC1CCCC1NS(=O)(=O)c1ccc2c(c1)CCO2. The van der Waals surface area contributed by atoms with Crippen molar-refractivity contribution < 1.29 is 13.2 Å². The molecule has 0 amide bonds. The van der Waals surface area contributed by atoms with Crippen LogP contribution in [0.4, 0.5) is 0 Å². The second-order valence-electron chi connectivity index (χ2n) is 5.19. The second-order valence-corrected chi connectivity index (χ2v) is 6.90. The van der Waals surface area contributed by atoms with Crippen molar-refractivity contribution in [3.05, 3.63) is 23.8 Å². The van der Waals surface area contributed by atoms with Gasteiger partial charge in [-0.25, -0.2) is 13.1 Å². The minimum Gasteiger partial charge on any atom is -0.493 e. The Hall–Kier alpha value is -1.11. The molecular weight excluding hydrogens is 264 g/mol. The summed E-state index contributed by atoms with van der Waals surface area (Å²) in [4.78, 5) is 0.302. The van der Waals surface area contributed by atoms with Crippen molar-refractivity contribution >= 4 is 10.0 Å². The summed E-state index contributed by atoms with van der Waals surface area (Å²) in [5, 5.41) is 0. The van der Waals surface area contributed by atoms with E-state index in [1.165, 1.54) is 0 Å². The maximum absolute atomic E-state index is 12.3. The quantitative estimate of drug-likeness (QED) is 0.858. The molecule has 5 nitrogen and oxygen atoms in total. The molecule has 6 heteroatoms. The third-order valence-corrected chi connectivity index (χ3v) is 5.33. The minimum atomic E-state index is -3.48. The van der Waals surface area contributed by atoms with Crippen molar-refractivity contribution in [1.29, 1.82) is 0 Å². The van der Waals surface area contributed by atoms with E-state index in [2.05, 4.69) is 4.72 Å². The van der Waals surface area contributed by atoms with Gasteiger partial charge in [-0.3, -0.25) is 0 Å². The Labute approximate surface area is 113 Å². The number of nitrogens with one attached hydrogen (secondary N) is 1. The van der Waals surface area contributed by atoms with Crippen LogP contribution < -0.4 is 15.2 Å². The largest absolute Gasteiger partial charge is 0.493 e. The Bertz CT molecular complexity index is 586. The number of sulfonamides is 1. The molecule has 1 aliphatic heterocycles. The van der Waals surface area contributed by atoms with Crippen LogP contribution in [-0.2, 0) is 16.4 Å². The van der Waals surface area contributed by atoms with E-state index in [0.29, 0.717) is 11.5 Å². The van der Waals surface area contributed by atoms with E-state index in [9.17, 15) is 8.42 Å². The van der Waals surface area contributed by atoms with Crippen LogP contribution in [0, 0.1) is 0 Å². The predicted molar refractivity (Wildman–Crippen MR) is 71.6 cm³/mol. The molecule has 1 fully saturated rings. The first-order chi connectivity index (χ1) is 9.06. The standard InChI is InChI=1S/C13H18N2O3S/c14-11-2-1-3-12(11)15-19(16,17)10-4-5-13-9(8-10)6-7-18-13/h4-5,8,11-12,15H,1-3,6-7,14H2. The van der Waals surface area contributed by atoms with Gasteiger partial charge < -0.3 is 10.5 Å². The Kier molecular flexibility index (Phi) is 3.24. The summed E-state index contributed by atoms with van der Waals surface area (Å²) in [6, 6.07) is 4.80. The summed E-state index contributed by atoms with van der Waals surface area (Å²) in [6.45, 7) is 0.625. The molecule has 2 aliphatic rings. The molecule has 2 unspecified atom stereocenters. The van der Waals surface area contributed by atoms with E-state index in [1.807, 2.05) is 0 Å². The molecule has 0 radical (unpaired) electrons. The van der Waals surface area contributed by atoms with Gasteiger partial charge in [0, 0.05) is 18.5 Å². The monoisotopic (exact) mass is 282 g/mol. The van der Waals surface area contributed by atoms with Crippen LogP contribution in [0.1, 0.15) is 24.8 Å². The van der Waals surface area contributed by atoms with Crippen LogP contribution in [-0.4, -0.2) is 27.1 Å². The van der Waals surface area contributed by atoms with Gasteiger partial charge in [0.05, 0.1) is 11.5 Å². The molecule has 3 N–H and O–H groups in total. The molecule has 1 saturated carbocycles. The Morgan fingerprint density at radius 1 is 1.32 bits per heavy atom. The van der Waals surface area contributed by atoms with Crippen LogP contribution in [0.5, 0.6) is 5.75 Å². The first-order valence-electron chi connectivity index (χ1n) is 6.60. The van der Waals surface area contributed by atoms with E-state index in [4.69, 9.17) is 10.5 Å². The van der Waals surface area contributed by atoms with Crippen molar-refractivity contribution in [3.63, 3.8) is 0 Å². The zero-order valence-electron chi connectivity index (χ0n) is 10.6. The van der Waals surface area contributed by atoms with E-state index in [0.717, 1.165) is 37.0 Å². The lowest BCUT2D eigenvalue weighted by molar-refractivity contribution is 0.356. The number of benzene rings is 1. The fraction of sp³-hybridized carbons (Fsp3) is 0.538. The molecule has 1 aromatic rings. The van der Waals surface area contributed by atoms with Gasteiger partial charge in [0.2, 0.25) is 10.0 Å². The number of hydrogen-bond acceptors (Lipinski definition) is 4. The zero-order valence-corrected chi connectivity index (χ0v) is 11.4. The molecule has 0 saturated heterocycles. The Balaban J connectivity index is 1.84. The van der Waals surface area contributed by atoms with Crippen LogP contribution in [0.3, 0.4) is 0 Å². The molecule has 1 aromatic carbocycles. The average Bonchev–Trinajstić information content (AvgIpc) is 2.97. The Morgan fingerprint density at radius 3 is 2.89 bits per heavy atom. The average molecular weight is 282 g/mol. The first-order valence-corrected chi connectivity index (χ1v) is 8.08. The van der Waals surface area contributed by atoms with Crippen molar-refractivity contribution in [2.45, 2.75) is 42.7 Å². The number of rotatable bonds is 3. The van der Waals surface area contributed by atoms with E-state index in [-0.39, 0.29) is 12.1 Å². The van der Waals surface area contributed by atoms with Crippen LogP contribution in [0.2, 0.25) is 0 Å². The molecule has 0 spiro atoms. The summed E-state index contributed by atoms with van der Waals surface area (Å²) < 4.78 is 32.8. The highest BCUT2D eigenvalue weighted by atomic mass is 32.2. The number of nitrogens with two attached hydrogens (primary N) is 1. The minimum absolute atomic E-state index is 0.0764. The van der Waals surface area contributed by atoms with Gasteiger partial charge in [0.1, 0.15) is 5.75 Å². The maximum atomic E-state index is 12.3. The van der Waals surface area contributed by atoms with Gasteiger partial charge >= 0.3 is 0 Å². The van der Waals surface area contributed by atoms with Crippen molar-refractivity contribution in [2.24, 2.45) is 5.73 Å². The first kappa shape index (κ1) is 12.9. The summed E-state index contributed by atoms with van der Waals surface area (Å²) in [5.41, 5.74) is 6.86. The normalized spacial score (nSPS) is 26.2. The topological polar surface area (TPSA) is 81.4 Å². The number of hydrogen-bond donors (Lipinski definition) is 2. The van der Waals surface area contributed by atoms with E-state index >= 15 is 0 Å². The molecular formula is C13H18N2O3S. The third kappa shape index (κ3) is 2.48. The van der Waals surface area contributed by atoms with Gasteiger partial charge in [-0.1, -0.05) is 6.42 Å². The summed E-state index contributed by atoms with van der Waals surface area (Å²) >= 11 is 0. The van der Waals surface area contributed by atoms with Gasteiger partial charge in [0.15, 0.2) is 0 Å². The molecule has 2 atom stereocenters. The van der Waals surface area contributed by atoms with Gasteiger partial charge in [-0.15, -0.1) is 0 Å². The lowest BCUT2D eigenvalue weighted by atomic mass is 10.2. The lowest BCUT2D eigenvalue weighted by Crippen LogP contribution is -2.43. The fourth-order valence-corrected chi connectivity index (χ4v) is 4.10. The molecule has 19 heavy (non-hydrogen) atoms. The van der Waals surface area contributed by atoms with Crippen molar-refractivity contribution in [3.8, 4) is 5.75 Å². The van der Waals surface area contributed by atoms with E-state index in [1.54, 1.807) is 18.2 Å². The molecule has 1 aliphatic carbocycles. The highest BCUT2D eigenvalue weighted by Crippen LogP contribution is 2.28. The molecule has 0 bridgehead atoms. The third-order valence-electron chi connectivity index (χ3n) is 3.85. The van der Waals surface area contributed by atoms with Crippen LogP contribution >= 0.6 is 0 Å². The fourth-order valence-electron chi connectivity index (χ4n) is 2.73. The predicted octanol–water partition coefficient (Wildman–Crippen LogP) is 0.780. The number of ether oxygens (including phenoxy) is 1. The molecule has 3 rings (SSSR count). The van der Waals surface area contributed by atoms with Crippen molar-refractivity contribution in [1.82, 2.24) is 4.72 Å². The van der Waals surface area contributed by atoms with Gasteiger partial charge in [-0.05, 0) is 36.6 Å². The lowest BCUT2D eigenvalue weighted by Gasteiger charge is -2.17. The molecule has 1 heterocycles.